The molecule has 176 valence electrons. The number of para-hydroxylation sites is 2. The first kappa shape index (κ1) is 24.3. The molecule has 8 heteroatoms. The van der Waals surface area contributed by atoms with Crippen molar-refractivity contribution in [2.45, 2.75) is 35.7 Å². The molecule has 0 bridgehead atoms. The van der Waals surface area contributed by atoms with Gasteiger partial charge in [-0.15, -0.1) is 11.8 Å². The Balaban J connectivity index is 1.34. The molecule has 4 aromatic rings. The third kappa shape index (κ3) is 6.85. The van der Waals surface area contributed by atoms with Crippen LogP contribution in [0.3, 0.4) is 0 Å². The third-order valence-corrected chi connectivity index (χ3v) is 7.55. The van der Waals surface area contributed by atoms with Crippen molar-refractivity contribution in [1.29, 1.82) is 0 Å². The molecule has 2 aromatic carbocycles. The van der Waals surface area contributed by atoms with Crippen molar-refractivity contribution >= 4 is 40.5 Å². The van der Waals surface area contributed by atoms with E-state index in [1.807, 2.05) is 48.7 Å². The highest BCUT2D eigenvalue weighted by Gasteiger charge is 2.12. The largest absolute Gasteiger partial charge is 0.481 e. The fourth-order valence-electron chi connectivity index (χ4n) is 3.65. The van der Waals surface area contributed by atoms with E-state index in [0.29, 0.717) is 6.54 Å². The average Bonchev–Trinajstić information content (AvgIpc) is 3.26. The molecule has 34 heavy (non-hydrogen) atoms. The number of aromatic nitrogens is 3. The van der Waals surface area contributed by atoms with Crippen LogP contribution in [-0.4, -0.2) is 49.8 Å². The maximum atomic E-state index is 11.1. The Hall–Kier alpha value is -2.81. The Morgan fingerprint density at radius 1 is 1.03 bits per heavy atom. The lowest BCUT2D eigenvalue weighted by molar-refractivity contribution is -0.137. The number of pyridine rings is 1. The van der Waals surface area contributed by atoms with Crippen LogP contribution in [0.25, 0.3) is 11.0 Å². The van der Waals surface area contributed by atoms with Gasteiger partial charge in [-0.2, -0.15) is 0 Å². The summed E-state index contributed by atoms with van der Waals surface area (Å²) in [6, 6.07) is 20.3. The first-order valence-corrected chi connectivity index (χ1v) is 13.2. The number of aromatic amines is 1. The number of rotatable bonds is 12. The van der Waals surface area contributed by atoms with Crippen LogP contribution in [-0.2, 0) is 17.1 Å². The second-order valence-corrected chi connectivity index (χ2v) is 10.1. The first-order valence-electron chi connectivity index (χ1n) is 11.2. The lowest BCUT2D eigenvalue weighted by Crippen LogP contribution is -2.28. The van der Waals surface area contributed by atoms with Gasteiger partial charge in [0.25, 0.3) is 0 Å². The Bertz CT molecular complexity index is 1200. The second-order valence-electron chi connectivity index (χ2n) is 7.98. The van der Waals surface area contributed by atoms with Gasteiger partial charge in [-0.1, -0.05) is 54.2 Å². The van der Waals surface area contributed by atoms with Crippen LogP contribution in [0.15, 0.2) is 76.9 Å². The van der Waals surface area contributed by atoms with Gasteiger partial charge in [-0.25, -0.2) is 4.98 Å². The van der Waals surface area contributed by atoms with Crippen LogP contribution in [0, 0.1) is 6.92 Å². The maximum Gasteiger partial charge on any atom is 0.304 e. The summed E-state index contributed by atoms with van der Waals surface area (Å²) < 4.78 is 0. The predicted molar refractivity (Wildman–Crippen MR) is 139 cm³/mol. The summed E-state index contributed by atoms with van der Waals surface area (Å²) >= 11 is 3.46. The van der Waals surface area contributed by atoms with Gasteiger partial charge < -0.3 is 10.1 Å². The van der Waals surface area contributed by atoms with Crippen LogP contribution < -0.4 is 0 Å². The molecular weight excluding hydrogens is 464 g/mol. The molecule has 0 atom stereocenters. The van der Waals surface area contributed by atoms with Crippen molar-refractivity contribution in [1.82, 2.24) is 19.9 Å². The van der Waals surface area contributed by atoms with Gasteiger partial charge in [0, 0.05) is 42.2 Å². The van der Waals surface area contributed by atoms with E-state index >= 15 is 0 Å². The topological polar surface area (TPSA) is 82.1 Å². The number of nitrogens with zero attached hydrogens (tertiary/aromatic N) is 3. The number of carboxylic acids is 1. The maximum absolute atomic E-state index is 11.1. The van der Waals surface area contributed by atoms with Crippen molar-refractivity contribution in [2.75, 3.05) is 18.8 Å². The molecule has 0 radical (unpaired) electrons. The molecule has 0 aliphatic carbocycles. The standard InChI is InChI=1S/C26H28N4O2S2/c1-19-23(18-34-26-28-21-9-5-6-10-22(21)29-26)27-13-11-24(19)33-16-15-30(14-12-25(31)32)17-20-7-3-2-4-8-20/h2-11,13H,12,14-18H2,1H3,(H,28,29)(H,31,32). The van der Waals surface area contributed by atoms with Gasteiger partial charge in [0.1, 0.15) is 0 Å². The Morgan fingerprint density at radius 3 is 2.62 bits per heavy atom. The Kier molecular flexibility index (Phi) is 8.62. The Labute approximate surface area is 208 Å². The number of imidazole rings is 1. The summed E-state index contributed by atoms with van der Waals surface area (Å²) in [7, 11) is 0. The lowest BCUT2D eigenvalue weighted by atomic mass is 10.2. The van der Waals surface area contributed by atoms with Crippen LogP contribution in [0.5, 0.6) is 0 Å². The number of benzene rings is 2. The number of carboxylic acid groups (broad SMARTS) is 1. The molecule has 2 heterocycles. The van der Waals surface area contributed by atoms with E-state index in [2.05, 4.69) is 45.0 Å². The number of hydrogen-bond acceptors (Lipinski definition) is 6. The monoisotopic (exact) mass is 492 g/mol. The molecule has 6 nitrogen and oxygen atoms in total. The molecule has 0 amide bonds. The number of carbonyl (C=O) groups is 1. The first-order chi connectivity index (χ1) is 16.6. The number of H-pyrrole nitrogens is 1. The van der Waals surface area contributed by atoms with Crippen molar-refractivity contribution in [3.05, 3.63) is 83.7 Å². The number of aliphatic carboxylic acids is 1. The summed E-state index contributed by atoms with van der Waals surface area (Å²) in [6.07, 6.45) is 2.02. The minimum atomic E-state index is -0.762. The predicted octanol–water partition coefficient (Wildman–Crippen LogP) is 5.63. The van der Waals surface area contributed by atoms with E-state index in [1.54, 1.807) is 23.5 Å². The molecular formula is C26H28N4O2S2. The van der Waals surface area contributed by atoms with Gasteiger partial charge in [-0.05, 0) is 36.2 Å². The van der Waals surface area contributed by atoms with Crippen LogP contribution in [0.4, 0.5) is 0 Å². The summed E-state index contributed by atoms with van der Waals surface area (Å²) in [6.45, 7) is 4.23. The summed E-state index contributed by atoms with van der Waals surface area (Å²) in [4.78, 5) is 27.1. The van der Waals surface area contributed by atoms with Gasteiger partial charge in [-0.3, -0.25) is 14.7 Å². The fraction of sp³-hybridized carbons (Fsp3) is 0.269. The molecule has 2 N–H and O–H groups in total. The molecule has 0 fully saturated rings. The quantitative estimate of drug-likeness (QED) is 0.248. The van der Waals surface area contributed by atoms with Gasteiger partial charge in [0.15, 0.2) is 5.16 Å². The minimum Gasteiger partial charge on any atom is -0.481 e. The third-order valence-electron chi connectivity index (χ3n) is 5.53. The second kappa shape index (κ2) is 12.1. The van der Waals surface area contributed by atoms with Crippen molar-refractivity contribution in [3.8, 4) is 0 Å². The van der Waals surface area contributed by atoms with E-state index in [4.69, 9.17) is 5.11 Å². The summed E-state index contributed by atoms with van der Waals surface area (Å²) in [5.41, 5.74) is 5.46. The molecule has 2 aromatic heterocycles. The van der Waals surface area contributed by atoms with Gasteiger partial charge >= 0.3 is 5.97 Å². The molecule has 0 saturated heterocycles. The summed E-state index contributed by atoms with van der Waals surface area (Å²) in [5, 5.41) is 10.0. The summed E-state index contributed by atoms with van der Waals surface area (Å²) in [5.74, 6) is 0.869. The van der Waals surface area contributed by atoms with E-state index in [1.165, 1.54) is 16.0 Å². The molecule has 0 aliphatic rings. The number of hydrogen-bond donors (Lipinski definition) is 2. The number of thioether (sulfide) groups is 2. The zero-order chi connectivity index (χ0) is 23.8. The Morgan fingerprint density at radius 2 is 1.82 bits per heavy atom. The molecule has 0 saturated carbocycles. The van der Waals surface area contributed by atoms with E-state index in [-0.39, 0.29) is 6.42 Å². The molecule has 4 rings (SSSR count). The fourth-order valence-corrected chi connectivity index (χ4v) is 5.62. The van der Waals surface area contributed by atoms with E-state index in [0.717, 1.165) is 46.5 Å². The van der Waals surface area contributed by atoms with Gasteiger partial charge in [0.05, 0.1) is 23.1 Å². The number of fused-ring (bicyclic) bond motifs is 1. The zero-order valence-corrected chi connectivity index (χ0v) is 20.7. The SMILES string of the molecule is Cc1c(SCCN(CCC(=O)O)Cc2ccccc2)ccnc1CSc1nc2ccccc2[nH]1. The highest BCUT2D eigenvalue weighted by Crippen LogP contribution is 2.28. The molecule has 0 aliphatic heterocycles. The highest BCUT2D eigenvalue weighted by molar-refractivity contribution is 7.99. The van der Waals surface area contributed by atoms with E-state index in [9.17, 15) is 4.79 Å². The average molecular weight is 493 g/mol. The normalized spacial score (nSPS) is 11.4. The van der Waals surface area contributed by atoms with Crippen LogP contribution in [0.2, 0.25) is 0 Å². The molecule has 0 spiro atoms. The van der Waals surface area contributed by atoms with Crippen molar-refractivity contribution < 1.29 is 9.90 Å². The van der Waals surface area contributed by atoms with E-state index < -0.39 is 5.97 Å². The lowest BCUT2D eigenvalue weighted by Gasteiger charge is -2.21. The van der Waals surface area contributed by atoms with Crippen molar-refractivity contribution in [3.63, 3.8) is 0 Å². The highest BCUT2D eigenvalue weighted by atomic mass is 32.2. The van der Waals surface area contributed by atoms with Gasteiger partial charge in [0.2, 0.25) is 0 Å². The zero-order valence-electron chi connectivity index (χ0n) is 19.1. The number of nitrogens with one attached hydrogen (secondary N) is 1. The molecule has 0 unspecified atom stereocenters. The van der Waals surface area contributed by atoms with Crippen LogP contribution >= 0.6 is 23.5 Å². The minimum absolute atomic E-state index is 0.148. The van der Waals surface area contributed by atoms with Crippen LogP contribution in [0.1, 0.15) is 23.2 Å². The van der Waals surface area contributed by atoms with Crippen molar-refractivity contribution in [2.24, 2.45) is 0 Å². The smallest absolute Gasteiger partial charge is 0.304 e.